The van der Waals surface area contributed by atoms with E-state index in [0.29, 0.717) is 5.56 Å². The second kappa shape index (κ2) is 16.6. The highest BCUT2D eigenvalue weighted by Crippen LogP contribution is 2.38. The van der Waals surface area contributed by atoms with Crippen LogP contribution in [0, 0.1) is 5.92 Å². The van der Waals surface area contributed by atoms with Crippen molar-refractivity contribution < 1.29 is 38.3 Å². The number of nitrogens with zero attached hydrogens (tertiary/aromatic N) is 9. The fraction of sp³-hybridized carbons (Fsp3) is 0.536. The molecule has 1 aliphatic carbocycles. The van der Waals surface area contributed by atoms with Gasteiger partial charge in [-0.2, -0.15) is 0 Å². The van der Waals surface area contributed by atoms with Gasteiger partial charge in [-0.25, -0.2) is 4.39 Å². The number of ether oxygens (including phenoxy) is 4. The van der Waals surface area contributed by atoms with Crippen LogP contribution in [0.2, 0.25) is 0 Å². The molecule has 2 aromatic rings. The highest BCUT2D eigenvalue weighted by atomic mass is 19.1. The van der Waals surface area contributed by atoms with E-state index >= 15 is 4.39 Å². The van der Waals surface area contributed by atoms with Crippen LogP contribution in [0.5, 0.6) is 0 Å². The second-order valence-corrected chi connectivity index (χ2v) is 10.6. The standard InChI is InChI=1S/C28H32FN9O7/c29-23-26(42-14-16-7-3-1-4-8-16)21(13-33-36-30)44-28(27(23)43-15-17-9-5-2-6-10-17)45-25-20(35-38-32)12-19(34-37-31)18(24(25)41)11-22(39)40/h1-10,18-21,23-28,41H,11-15H2,(H,39,40)/t18-,19+,20-,21+,23-,24-,25+,26+,27+,28+/m0/s1. The largest absolute Gasteiger partial charge is 0.481 e. The summed E-state index contributed by atoms with van der Waals surface area (Å²) in [7, 11) is 0. The van der Waals surface area contributed by atoms with E-state index in [4.69, 9.17) is 30.0 Å². The number of hydrogen-bond donors (Lipinski definition) is 2. The van der Waals surface area contributed by atoms with E-state index in [-0.39, 0.29) is 26.2 Å². The molecule has 45 heavy (non-hydrogen) atoms. The summed E-state index contributed by atoms with van der Waals surface area (Å²) in [6.07, 6.45) is -11.1. The van der Waals surface area contributed by atoms with Crippen molar-refractivity contribution in [3.05, 3.63) is 103 Å². The van der Waals surface area contributed by atoms with Gasteiger partial charge in [-0.1, -0.05) is 76.0 Å². The number of benzene rings is 2. The molecule has 0 radical (unpaired) electrons. The van der Waals surface area contributed by atoms with E-state index < -0.39 is 73.4 Å². The first-order valence-corrected chi connectivity index (χ1v) is 14.1. The van der Waals surface area contributed by atoms with E-state index in [2.05, 4.69) is 30.1 Å². The van der Waals surface area contributed by atoms with Gasteiger partial charge in [0.15, 0.2) is 12.5 Å². The molecule has 238 valence electrons. The Morgan fingerprint density at radius 3 is 2.02 bits per heavy atom. The minimum atomic E-state index is -1.90. The summed E-state index contributed by atoms with van der Waals surface area (Å²) in [5, 5.41) is 31.6. The zero-order valence-electron chi connectivity index (χ0n) is 23.9. The zero-order valence-corrected chi connectivity index (χ0v) is 23.9. The molecular formula is C28H32FN9O7. The van der Waals surface area contributed by atoms with E-state index in [0.717, 1.165) is 5.56 Å². The molecule has 0 spiro atoms. The maximum absolute atomic E-state index is 16.5. The Morgan fingerprint density at radius 2 is 1.47 bits per heavy atom. The third-order valence-corrected chi connectivity index (χ3v) is 7.70. The molecule has 1 aliphatic heterocycles. The molecule has 0 amide bonds. The Morgan fingerprint density at radius 1 is 0.889 bits per heavy atom. The lowest BCUT2D eigenvalue weighted by molar-refractivity contribution is -0.323. The number of aliphatic hydroxyl groups is 1. The third-order valence-electron chi connectivity index (χ3n) is 7.70. The number of azide groups is 3. The predicted molar refractivity (Wildman–Crippen MR) is 155 cm³/mol. The topological polar surface area (TPSA) is 241 Å². The number of aliphatic hydroxyl groups excluding tert-OH is 1. The summed E-state index contributed by atoms with van der Waals surface area (Å²) in [6, 6.07) is 15.8. The summed E-state index contributed by atoms with van der Waals surface area (Å²) in [5.74, 6) is -2.39. The normalized spacial score (nSPS) is 31.1. The smallest absolute Gasteiger partial charge is 0.303 e. The van der Waals surface area contributed by atoms with Crippen LogP contribution in [0.4, 0.5) is 4.39 Å². The SMILES string of the molecule is [N-]=[N+]=NC[C@H]1O[C@H](O[C@H]2[C@@H](O)[C@@H](CC(=O)O)[C@H](N=[N+]=[N-])C[C@@H]2N=[N+]=[N-])[C@H](OCc2ccccc2)[C@@H](F)[C@@H]1OCc1ccccc1. The molecule has 2 N–H and O–H groups in total. The van der Waals surface area contributed by atoms with Crippen LogP contribution in [0.1, 0.15) is 24.0 Å². The lowest BCUT2D eigenvalue weighted by atomic mass is 9.76. The fourth-order valence-electron chi connectivity index (χ4n) is 5.56. The van der Waals surface area contributed by atoms with Gasteiger partial charge in [-0.05, 0) is 34.1 Å². The van der Waals surface area contributed by atoms with Gasteiger partial charge in [0.25, 0.3) is 0 Å². The van der Waals surface area contributed by atoms with E-state index in [1.54, 1.807) is 48.5 Å². The van der Waals surface area contributed by atoms with Gasteiger partial charge in [0.2, 0.25) is 0 Å². The minimum absolute atomic E-state index is 0.0109. The van der Waals surface area contributed by atoms with Crippen LogP contribution < -0.4 is 0 Å². The molecule has 1 heterocycles. The Hall–Kier alpha value is -4.43. The number of carboxylic acid groups (broad SMARTS) is 1. The van der Waals surface area contributed by atoms with Crippen LogP contribution in [0.3, 0.4) is 0 Å². The molecule has 1 saturated carbocycles. The zero-order chi connectivity index (χ0) is 32.2. The second-order valence-electron chi connectivity index (χ2n) is 10.6. The molecule has 2 aliphatic rings. The Kier molecular flexibility index (Phi) is 12.3. The van der Waals surface area contributed by atoms with Crippen molar-refractivity contribution in [2.45, 2.75) is 81.1 Å². The van der Waals surface area contributed by atoms with Gasteiger partial charge in [0.1, 0.15) is 12.2 Å². The van der Waals surface area contributed by atoms with Gasteiger partial charge in [-0.15, -0.1) is 0 Å². The molecule has 17 heteroatoms. The van der Waals surface area contributed by atoms with Crippen molar-refractivity contribution in [1.29, 1.82) is 0 Å². The molecule has 2 aromatic carbocycles. The van der Waals surface area contributed by atoms with Gasteiger partial charge in [0.05, 0.1) is 50.5 Å². The molecule has 0 bridgehead atoms. The highest BCUT2D eigenvalue weighted by molar-refractivity contribution is 5.67. The quantitative estimate of drug-likeness (QED) is 0.163. The highest BCUT2D eigenvalue weighted by Gasteiger charge is 2.52. The number of halogens is 1. The Labute approximate surface area is 256 Å². The van der Waals surface area contributed by atoms with Crippen molar-refractivity contribution in [3.8, 4) is 0 Å². The maximum Gasteiger partial charge on any atom is 0.303 e. The van der Waals surface area contributed by atoms with Crippen LogP contribution in [0.25, 0.3) is 31.3 Å². The van der Waals surface area contributed by atoms with Crippen molar-refractivity contribution in [2.24, 2.45) is 21.3 Å². The number of carbonyl (C=O) groups is 1. The Balaban J connectivity index is 1.66. The molecule has 1 saturated heterocycles. The van der Waals surface area contributed by atoms with E-state index in [9.17, 15) is 20.5 Å². The summed E-state index contributed by atoms with van der Waals surface area (Å²) in [5.41, 5.74) is 28.7. The van der Waals surface area contributed by atoms with Crippen molar-refractivity contribution >= 4 is 5.97 Å². The molecular weight excluding hydrogens is 593 g/mol. The monoisotopic (exact) mass is 625 g/mol. The number of alkyl halides is 1. The van der Waals surface area contributed by atoms with Crippen LogP contribution in [-0.2, 0) is 37.0 Å². The predicted octanol–water partition coefficient (Wildman–Crippen LogP) is 5.13. The van der Waals surface area contributed by atoms with Crippen LogP contribution >= 0.6 is 0 Å². The number of carboxylic acids is 1. The number of rotatable bonds is 14. The number of aliphatic carboxylic acids is 1. The molecule has 2 fully saturated rings. The van der Waals surface area contributed by atoms with Crippen molar-refractivity contribution in [1.82, 2.24) is 0 Å². The van der Waals surface area contributed by atoms with E-state index in [1.165, 1.54) is 0 Å². The first-order valence-electron chi connectivity index (χ1n) is 14.1. The molecule has 16 nitrogen and oxygen atoms in total. The van der Waals surface area contributed by atoms with Gasteiger partial charge in [0, 0.05) is 26.7 Å². The molecule has 0 unspecified atom stereocenters. The first kappa shape index (κ1) is 33.5. The molecule has 4 rings (SSSR count). The van der Waals surface area contributed by atoms with Crippen molar-refractivity contribution in [3.63, 3.8) is 0 Å². The van der Waals surface area contributed by atoms with Crippen LogP contribution in [0.15, 0.2) is 76.0 Å². The fourth-order valence-corrected chi connectivity index (χ4v) is 5.56. The minimum Gasteiger partial charge on any atom is -0.481 e. The summed E-state index contributed by atoms with van der Waals surface area (Å²) in [4.78, 5) is 19.9. The van der Waals surface area contributed by atoms with Crippen molar-refractivity contribution in [2.75, 3.05) is 6.54 Å². The Bertz CT molecular complexity index is 1410. The van der Waals surface area contributed by atoms with Crippen LogP contribution in [-0.4, -0.2) is 77.8 Å². The molecule has 0 aromatic heterocycles. The number of hydrogen-bond acceptors (Lipinski definition) is 9. The van der Waals surface area contributed by atoms with Gasteiger partial charge in [-0.3, -0.25) is 4.79 Å². The molecule has 10 atom stereocenters. The average Bonchev–Trinajstić information content (AvgIpc) is 3.04. The summed E-state index contributed by atoms with van der Waals surface area (Å²) < 4.78 is 40.7. The first-order chi connectivity index (χ1) is 21.9. The third kappa shape index (κ3) is 8.82. The lowest BCUT2D eigenvalue weighted by Crippen LogP contribution is -2.62. The average molecular weight is 626 g/mol. The van der Waals surface area contributed by atoms with Gasteiger partial charge < -0.3 is 29.2 Å². The maximum atomic E-state index is 16.5. The summed E-state index contributed by atoms with van der Waals surface area (Å²) in [6.45, 7) is -0.388. The lowest BCUT2D eigenvalue weighted by Gasteiger charge is -2.47. The van der Waals surface area contributed by atoms with Gasteiger partial charge >= 0.3 is 5.97 Å². The van der Waals surface area contributed by atoms with E-state index in [1.807, 2.05) is 12.1 Å². The summed E-state index contributed by atoms with van der Waals surface area (Å²) >= 11 is 0.